The van der Waals surface area contributed by atoms with Crippen molar-refractivity contribution in [3.63, 3.8) is 0 Å². The number of hydrogen-bond acceptors (Lipinski definition) is 0. The second-order valence-corrected chi connectivity index (χ2v) is 63.7. The fourth-order valence-electron chi connectivity index (χ4n) is 9.23. The Morgan fingerprint density at radius 1 is 0.471 bits per heavy atom. The summed E-state index contributed by atoms with van der Waals surface area (Å²) in [7, 11) is -5.74. The van der Waals surface area contributed by atoms with E-state index in [1.54, 1.807) is 6.04 Å². The third kappa shape index (κ3) is 4.07. The lowest BCUT2D eigenvalue weighted by Gasteiger charge is -2.76. The summed E-state index contributed by atoms with van der Waals surface area (Å²) in [4.78, 5) is 0. The van der Waals surface area contributed by atoms with Gasteiger partial charge in [0.15, 0.2) is 0 Å². The zero-order valence-electron chi connectivity index (χ0n) is 27.8. The Labute approximate surface area is 222 Å². The molecule has 0 saturated heterocycles. The van der Waals surface area contributed by atoms with Gasteiger partial charge in [-0.3, -0.25) is 0 Å². The van der Waals surface area contributed by atoms with Crippen molar-refractivity contribution in [2.45, 2.75) is 181 Å². The normalized spacial score (nSPS) is 19.6. The summed E-state index contributed by atoms with van der Waals surface area (Å²) in [5, 5.41) is 2.58. The zero-order chi connectivity index (χ0) is 28.0. The first kappa shape index (κ1) is 33.0. The Balaban J connectivity index is 4.56. The molecule has 0 radical (unpaired) electrons. The smallest absolute Gasteiger partial charge is 0.0678 e. The Bertz CT molecular complexity index is 712. The van der Waals surface area contributed by atoms with Crippen LogP contribution >= 0.6 is 0 Å². The molecule has 34 heavy (non-hydrogen) atoms. The van der Waals surface area contributed by atoms with Gasteiger partial charge >= 0.3 is 0 Å². The Morgan fingerprint density at radius 2 is 0.706 bits per heavy atom. The molecule has 0 aromatic rings. The first-order valence-corrected chi connectivity index (χ1v) is 29.3. The molecule has 0 bridgehead atoms. The van der Waals surface area contributed by atoms with Crippen molar-refractivity contribution in [3.05, 3.63) is 0 Å². The lowest BCUT2D eigenvalue weighted by Crippen LogP contribution is -2.95. The van der Waals surface area contributed by atoms with Crippen LogP contribution in [-0.2, 0) is 0 Å². The first-order chi connectivity index (χ1) is 14.3. The molecule has 0 amide bonds. The molecular formula is C29H66Si5. The monoisotopic (exact) mass is 554 g/mol. The molecule has 1 aliphatic heterocycles. The summed E-state index contributed by atoms with van der Waals surface area (Å²) in [5.74, 6) is 0. The van der Waals surface area contributed by atoms with Crippen LogP contribution in [0.2, 0.25) is 55.9 Å². The van der Waals surface area contributed by atoms with Crippen LogP contribution < -0.4 is 0 Å². The Hall–Kier alpha value is 0.954. The van der Waals surface area contributed by atoms with Crippen LogP contribution in [0.15, 0.2) is 0 Å². The maximum atomic E-state index is 3.06. The average molecular weight is 555 g/mol. The van der Waals surface area contributed by atoms with Crippen LogP contribution in [0.5, 0.6) is 0 Å². The van der Waals surface area contributed by atoms with E-state index in [4.69, 9.17) is 0 Å². The van der Waals surface area contributed by atoms with Gasteiger partial charge in [-0.15, -0.1) is 5.67 Å². The quantitative estimate of drug-likeness (QED) is 0.304. The average Bonchev–Trinajstić information content (AvgIpc) is 2.47. The fraction of sp³-hybridized carbons (Fsp3) is 0.966. The van der Waals surface area contributed by atoms with Gasteiger partial charge in [0.1, 0.15) is 0 Å². The molecule has 0 spiro atoms. The molecule has 5 heteroatoms. The van der Waals surface area contributed by atoms with E-state index in [9.17, 15) is 0 Å². The van der Waals surface area contributed by atoms with Gasteiger partial charge in [-0.1, -0.05) is 144 Å². The number of hydrogen-bond donors (Lipinski definition) is 0. The predicted octanol–water partition coefficient (Wildman–Crippen LogP) is 10.7. The van der Waals surface area contributed by atoms with E-state index in [2.05, 4.69) is 150 Å². The maximum Gasteiger partial charge on any atom is 0.0678 e. The SMILES string of the molecule is CC(C)(C)[Si](C)([Si]1=CC[Si]1([Si](C)(C(C)(C)C)C(C)(C)C)[Si](C)(C(C)(C)C)C(C)(C)C)C(C)(C)C. The van der Waals surface area contributed by atoms with Crippen LogP contribution in [-0.4, -0.2) is 42.5 Å². The van der Waals surface area contributed by atoms with E-state index in [0.29, 0.717) is 30.2 Å². The summed E-state index contributed by atoms with van der Waals surface area (Å²) in [6.07, 6.45) is 0. The van der Waals surface area contributed by atoms with E-state index in [-0.39, 0.29) is 0 Å². The van der Waals surface area contributed by atoms with Gasteiger partial charge in [0.05, 0.1) is 29.4 Å². The predicted molar refractivity (Wildman–Crippen MR) is 176 cm³/mol. The van der Waals surface area contributed by atoms with Gasteiger partial charge in [0, 0.05) is 0 Å². The molecule has 0 fully saturated rings. The van der Waals surface area contributed by atoms with E-state index < -0.39 is 36.8 Å². The highest BCUT2D eigenvalue weighted by atomic mass is 30.0. The third-order valence-electron chi connectivity index (χ3n) is 12.3. The van der Waals surface area contributed by atoms with Gasteiger partial charge in [-0.05, 0) is 43.7 Å². The fourth-order valence-corrected chi connectivity index (χ4v) is 155. The van der Waals surface area contributed by atoms with Gasteiger partial charge in [-0.25, -0.2) is 0 Å². The highest BCUT2D eigenvalue weighted by Crippen LogP contribution is 2.69. The van der Waals surface area contributed by atoms with Crippen molar-refractivity contribution in [2.24, 2.45) is 0 Å². The van der Waals surface area contributed by atoms with Crippen molar-refractivity contribution in [1.29, 1.82) is 0 Å². The van der Waals surface area contributed by atoms with E-state index in [1.807, 2.05) is 0 Å². The second kappa shape index (κ2) is 8.48. The molecule has 0 atom stereocenters. The molecule has 0 aromatic carbocycles. The minimum atomic E-state index is -1.76. The first-order valence-electron chi connectivity index (χ1n) is 14.1. The van der Waals surface area contributed by atoms with Crippen molar-refractivity contribution < 1.29 is 0 Å². The molecule has 0 saturated carbocycles. The molecular weight excluding hydrogens is 489 g/mol. The number of rotatable bonds is 3. The van der Waals surface area contributed by atoms with E-state index in [0.717, 1.165) is 0 Å². The third-order valence-corrected chi connectivity index (χ3v) is 106. The molecule has 0 N–H and O–H groups in total. The highest BCUT2D eigenvalue weighted by molar-refractivity contribution is 7.98. The van der Waals surface area contributed by atoms with Crippen molar-refractivity contribution in [3.8, 4) is 0 Å². The van der Waals surface area contributed by atoms with Gasteiger partial charge in [0.2, 0.25) is 0 Å². The largest absolute Gasteiger partial charge is 0.112 e. The van der Waals surface area contributed by atoms with Gasteiger partial charge in [-0.2, -0.15) is 0 Å². The zero-order valence-corrected chi connectivity index (χ0v) is 32.8. The summed E-state index contributed by atoms with van der Waals surface area (Å²) >= 11 is 0. The van der Waals surface area contributed by atoms with Crippen molar-refractivity contribution in [1.82, 2.24) is 0 Å². The molecule has 202 valence electrons. The molecule has 0 unspecified atom stereocenters. The second-order valence-electron chi connectivity index (χ2n) is 18.6. The topological polar surface area (TPSA) is 0 Å². The van der Waals surface area contributed by atoms with Crippen LogP contribution in [0.4, 0.5) is 0 Å². The van der Waals surface area contributed by atoms with Crippen molar-refractivity contribution >= 4 is 42.5 Å². The van der Waals surface area contributed by atoms with E-state index >= 15 is 0 Å². The van der Waals surface area contributed by atoms with Gasteiger partial charge < -0.3 is 0 Å². The summed E-state index contributed by atoms with van der Waals surface area (Å²) in [5.41, 5.74) is 3.06. The van der Waals surface area contributed by atoms with Crippen LogP contribution in [0.25, 0.3) is 0 Å². The van der Waals surface area contributed by atoms with Crippen molar-refractivity contribution in [2.75, 3.05) is 0 Å². The van der Waals surface area contributed by atoms with Crippen LogP contribution in [0, 0.1) is 0 Å². The minimum absolute atomic E-state index is 0.428. The van der Waals surface area contributed by atoms with Gasteiger partial charge in [0.25, 0.3) is 0 Å². The summed E-state index contributed by atoms with van der Waals surface area (Å²) < 4.78 is 0. The standard InChI is InChI=1S/C29H66Si5/c1-24(2,3)31(19,25(4,5)6)30-22-23-34(30,32(20,26(7,8)9)27(10,11)12)33(21,28(13,14)15)29(16,17)18/h22H,23H2,1-21H3. The molecule has 0 nitrogen and oxygen atoms in total. The summed E-state index contributed by atoms with van der Waals surface area (Å²) in [6, 6.07) is 1.55. The molecule has 0 aromatic heterocycles. The summed E-state index contributed by atoms with van der Waals surface area (Å²) in [6.45, 7) is 55.3. The van der Waals surface area contributed by atoms with Crippen LogP contribution in [0.3, 0.4) is 0 Å². The van der Waals surface area contributed by atoms with E-state index in [1.165, 1.54) is 0 Å². The van der Waals surface area contributed by atoms with Crippen LogP contribution in [0.1, 0.15) is 125 Å². The molecule has 1 heterocycles. The molecule has 0 aliphatic carbocycles. The highest BCUT2D eigenvalue weighted by Gasteiger charge is 2.79. The maximum absolute atomic E-state index is 3.06. The minimum Gasteiger partial charge on any atom is -0.112 e. The lowest BCUT2D eigenvalue weighted by atomic mass is 10.2. The lowest BCUT2D eigenvalue weighted by molar-refractivity contribution is 0.622. The molecule has 1 aliphatic rings. The Morgan fingerprint density at radius 3 is 0.824 bits per heavy atom. The molecule has 1 rings (SSSR count). The Kier molecular flexibility index (Phi) is 8.22.